The van der Waals surface area contributed by atoms with E-state index in [9.17, 15) is 0 Å². The Bertz CT molecular complexity index is 563. The molecule has 0 aliphatic rings. The number of hydrogen-bond acceptors (Lipinski definition) is 5. The van der Waals surface area contributed by atoms with Gasteiger partial charge in [-0.15, -0.1) is 23.7 Å². The molecule has 0 saturated carbocycles. The molecule has 2 aromatic rings. The van der Waals surface area contributed by atoms with Crippen LogP contribution in [0.5, 0.6) is 11.5 Å². The Hall–Kier alpha value is -1.27. The average Bonchev–Trinajstić information content (AvgIpc) is 3.10. The first-order valence-electron chi connectivity index (χ1n) is 7.94. The predicted molar refractivity (Wildman–Crippen MR) is 102 cm³/mol. The summed E-state index contributed by atoms with van der Waals surface area (Å²) in [6, 6.07) is 10.2. The fourth-order valence-electron chi connectivity index (χ4n) is 2.16. The standard InChI is InChI=1S/C18H25NO3S.ClH/c1-3-21-10-5-9-19-13-15-7-8-17(18(12-15)20-2)22-14-16-6-4-11-23-16;/h4,6-8,11-12,19H,3,5,9-10,13-14H2,1-2H3;1H. The van der Waals surface area contributed by atoms with Gasteiger partial charge in [0.25, 0.3) is 0 Å². The lowest BCUT2D eigenvalue weighted by Crippen LogP contribution is -2.16. The summed E-state index contributed by atoms with van der Waals surface area (Å²) in [4.78, 5) is 1.20. The first-order valence-corrected chi connectivity index (χ1v) is 8.82. The summed E-state index contributed by atoms with van der Waals surface area (Å²) >= 11 is 1.69. The molecule has 0 fully saturated rings. The van der Waals surface area contributed by atoms with Crippen molar-refractivity contribution >= 4 is 23.7 Å². The van der Waals surface area contributed by atoms with Gasteiger partial charge in [0, 0.05) is 24.6 Å². The highest BCUT2D eigenvalue weighted by Crippen LogP contribution is 2.29. The number of halogens is 1. The van der Waals surface area contributed by atoms with Crippen LogP contribution in [0.15, 0.2) is 35.7 Å². The van der Waals surface area contributed by atoms with Crippen molar-refractivity contribution in [2.75, 3.05) is 26.9 Å². The first-order chi connectivity index (χ1) is 11.3. The largest absolute Gasteiger partial charge is 0.493 e. The zero-order chi connectivity index (χ0) is 16.3. The number of hydrogen-bond donors (Lipinski definition) is 1. The second-order valence-corrected chi connectivity index (χ2v) is 6.11. The van der Waals surface area contributed by atoms with Gasteiger partial charge in [0.2, 0.25) is 0 Å². The van der Waals surface area contributed by atoms with E-state index in [-0.39, 0.29) is 12.4 Å². The van der Waals surface area contributed by atoms with E-state index in [1.54, 1.807) is 18.4 Å². The van der Waals surface area contributed by atoms with Gasteiger partial charge in [0.1, 0.15) is 6.61 Å². The highest BCUT2D eigenvalue weighted by atomic mass is 35.5. The van der Waals surface area contributed by atoms with Crippen LogP contribution < -0.4 is 14.8 Å². The van der Waals surface area contributed by atoms with Crippen LogP contribution >= 0.6 is 23.7 Å². The zero-order valence-corrected chi connectivity index (χ0v) is 15.9. The molecular weight excluding hydrogens is 346 g/mol. The lowest BCUT2D eigenvalue weighted by Gasteiger charge is -2.12. The van der Waals surface area contributed by atoms with Crippen molar-refractivity contribution in [3.05, 3.63) is 46.2 Å². The second-order valence-electron chi connectivity index (χ2n) is 5.08. The van der Waals surface area contributed by atoms with Gasteiger partial charge in [-0.05, 0) is 49.0 Å². The summed E-state index contributed by atoms with van der Waals surface area (Å²) in [5, 5.41) is 5.46. The molecule has 1 aromatic heterocycles. The minimum atomic E-state index is 0. The minimum absolute atomic E-state index is 0. The van der Waals surface area contributed by atoms with Crippen molar-refractivity contribution in [3.8, 4) is 11.5 Å². The van der Waals surface area contributed by atoms with Crippen molar-refractivity contribution in [3.63, 3.8) is 0 Å². The van der Waals surface area contributed by atoms with Gasteiger partial charge in [-0.3, -0.25) is 0 Å². The Morgan fingerprint density at radius 3 is 2.75 bits per heavy atom. The molecule has 0 amide bonds. The molecule has 4 nitrogen and oxygen atoms in total. The Morgan fingerprint density at radius 1 is 1.17 bits per heavy atom. The molecule has 24 heavy (non-hydrogen) atoms. The van der Waals surface area contributed by atoms with Crippen molar-refractivity contribution in [2.45, 2.75) is 26.5 Å². The van der Waals surface area contributed by atoms with E-state index in [0.717, 1.165) is 44.2 Å². The number of nitrogens with one attached hydrogen (secondary N) is 1. The van der Waals surface area contributed by atoms with Gasteiger partial charge in [-0.2, -0.15) is 0 Å². The van der Waals surface area contributed by atoms with Crippen LogP contribution in [0.1, 0.15) is 23.8 Å². The van der Waals surface area contributed by atoms with E-state index >= 15 is 0 Å². The molecule has 1 N–H and O–H groups in total. The molecule has 0 atom stereocenters. The maximum absolute atomic E-state index is 5.85. The van der Waals surface area contributed by atoms with E-state index in [0.29, 0.717) is 6.61 Å². The van der Waals surface area contributed by atoms with Crippen LogP contribution in [-0.4, -0.2) is 26.9 Å². The van der Waals surface area contributed by atoms with E-state index in [2.05, 4.69) is 22.8 Å². The van der Waals surface area contributed by atoms with Crippen LogP contribution in [0, 0.1) is 0 Å². The van der Waals surface area contributed by atoms with Gasteiger partial charge in [-0.25, -0.2) is 0 Å². The van der Waals surface area contributed by atoms with Gasteiger partial charge in [-0.1, -0.05) is 12.1 Å². The molecule has 0 aliphatic heterocycles. The summed E-state index contributed by atoms with van der Waals surface area (Å²) < 4.78 is 16.6. The maximum Gasteiger partial charge on any atom is 0.161 e. The molecule has 6 heteroatoms. The topological polar surface area (TPSA) is 39.7 Å². The molecule has 0 radical (unpaired) electrons. The lowest BCUT2D eigenvalue weighted by molar-refractivity contribution is 0.144. The quantitative estimate of drug-likeness (QED) is 0.598. The SMILES string of the molecule is CCOCCCNCc1ccc(OCc2cccs2)c(OC)c1.Cl. The Morgan fingerprint density at radius 2 is 2.04 bits per heavy atom. The molecule has 1 aromatic carbocycles. The molecule has 0 bridgehead atoms. The molecular formula is C18H26ClNO3S. The van der Waals surface area contributed by atoms with Crippen LogP contribution in [0.3, 0.4) is 0 Å². The Kier molecular flexibility index (Phi) is 10.5. The molecule has 1 heterocycles. The van der Waals surface area contributed by atoms with E-state index < -0.39 is 0 Å². The molecule has 0 aliphatic carbocycles. The summed E-state index contributed by atoms with van der Waals surface area (Å²) in [5.41, 5.74) is 1.18. The number of ether oxygens (including phenoxy) is 3. The van der Waals surface area contributed by atoms with Crippen molar-refractivity contribution in [2.24, 2.45) is 0 Å². The third-order valence-corrected chi connectivity index (χ3v) is 4.20. The third-order valence-electron chi connectivity index (χ3n) is 3.35. The first kappa shape index (κ1) is 20.8. The second kappa shape index (κ2) is 12.1. The number of benzene rings is 1. The molecule has 134 valence electrons. The summed E-state index contributed by atoms with van der Waals surface area (Å²) in [5.74, 6) is 1.55. The Labute approximate surface area is 154 Å². The highest BCUT2D eigenvalue weighted by molar-refractivity contribution is 7.09. The highest BCUT2D eigenvalue weighted by Gasteiger charge is 2.06. The van der Waals surface area contributed by atoms with Gasteiger partial charge in [0.05, 0.1) is 7.11 Å². The van der Waals surface area contributed by atoms with Crippen LogP contribution in [0.25, 0.3) is 0 Å². The third kappa shape index (κ3) is 7.09. The zero-order valence-electron chi connectivity index (χ0n) is 14.2. The lowest BCUT2D eigenvalue weighted by atomic mass is 10.2. The summed E-state index contributed by atoms with van der Waals surface area (Å²) in [7, 11) is 1.67. The number of methoxy groups -OCH3 is 1. The molecule has 0 saturated heterocycles. The average molecular weight is 372 g/mol. The fourth-order valence-corrected chi connectivity index (χ4v) is 2.78. The number of rotatable bonds is 11. The van der Waals surface area contributed by atoms with Crippen LogP contribution in [0.2, 0.25) is 0 Å². The van der Waals surface area contributed by atoms with Crippen molar-refractivity contribution < 1.29 is 14.2 Å². The van der Waals surface area contributed by atoms with Gasteiger partial charge in [0.15, 0.2) is 11.5 Å². The molecule has 0 spiro atoms. The monoisotopic (exact) mass is 371 g/mol. The smallest absolute Gasteiger partial charge is 0.161 e. The van der Waals surface area contributed by atoms with Crippen LogP contribution in [0.4, 0.5) is 0 Å². The fraction of sp³-hybridized carbons (Fsp3) is 0.444. The van der Waals surface area contributed by atoms with E-state index in [1.807, 2.05) is 25.1 Å². The number of thiophene rings is 1. The van der Waals surface area contributed by atoms with Gasteiger partial charge < -0.3 is 19.5 Å². The van der Waals surface area contributed by atoms with E-state index in [4.69, 9.17) is 14.2 Å². The maximum atomic E-state index is 5.85. The van der Waals surface area contributed by atoms with Gasteiger partial charge >= 0.3 is 0 Å². The normalized spacial score (nSPS) is 10.2. The predicted octanol–water partition coefficient (Wildman–Crippen LogP) is 4.27. The Balaban J connectivity index is 0.00000288. The van der Waals surface area contributed by atoms with Crippen molar-refractivity contribution in [1.82, 2.24) is 5.32 Å². The van der Waals surface area contributed by atoms with Crippen LogP contribution in [-0.2, 0) is 17.9 Å². The summed E-state index contributed by atoms with van der Waals surface area (Å²) in [6.07, 6.45) is 1.02. The van der Waals surface area contributed by atoms with Crippen molar-refractivity contribution in [1.29, 1.82) is 0 Å². The molecule has 0 unspecified atom stereocenters. The van der Waals surface area contributed by atoms with E-state index in [1.165, 1.54) is 10.4 Å². The molecule has 2 rings (SSSR count). The summed E-state index contributed by atoms with van der Waals surface area (Å²) in [6.45, 7) is 5.93. The minimum Gasteiger partial charge on any atom is -0.493 e.